The van der Waals surface area contributed by atoms with Crippen molar-refractivity contribution >= 4 is 77.3 Å². The lowest BCUT2D eigenvalue weighted by molar-refractivity contribution is -0.0431. The Hall–Kier alpha value is -9.38. The van der Waals surface area contributed by atoms with Crippen molar-refractivity contribution in [3.8, 4) is 28.7 Å². The number of ether oxygens (including phenoxy) is 5. The molecule has 0 saturated heterocycles. The van der Waals surface area contributed by atoms with Crippen LogP contribution in [0.25, 0.3) is 54.2 Å². The summed E-state index contributed by atoms with van der Waals surface area (Å²) in [6.07, 6.45) is 7.43. The summed E-state index contributed by atoms with van der Waals surface area (Å²) in [5.74, 6) is 3.98. The number of hydrogen-bond donors (Lipinski definition) is 0. The Balaban J connectivity index is 0.000000193. The molecule has 5 aromatic heterocycles. The first-order valence-electron chi connectivity index (χ1n) is 38.6. The van der Waals surface area contributed by atoms with E-state index in [1.54, 1.807) is 23.7 Å². The third kappa shape index (κ3) is 33.2. The van der Waals surface area contributed by atoms with E-state index in [9.17, 15) is 0 Å². The van der Waals surface area contributed by atoms with E-state index in [0.717, 1.165) is 97.3 Å². The first-order valence-corrected chi connectivity index (χ1v) is 40.1. The molecule has 111 heavy (non-hydrogen) atoms. The third-order valence-corrected chi connectivity index (χ3v) is 17.1. The molecule has 0 N–H and O–H groups in total. The van der Waals surface area contributed by atoms with E-state index >= 15 is 0 Å². The zero-order valence-corrected chi connectivity index (χ0v) is 73.5. The number of rotatable bonds is 1. The van der Waals surface area contributed by atoms with Crippen LogP contribution in [0, 0.1) is 23.2 Å². The molecular weight excluding hydrogens is 1410 g/mol. The molecule has 0 amide bonds. The van der Waals surface area contributed by atoms with Crippen LogP contribution in [0.5, 0.6) is 28.7 Å². The standard InChI is InChI=1S/C12H14N2.C12H16O2.C10H12N2O.C10H12N2S.C10H11NS.C9H7N.C9H10O2.C8H8O.3C5H12/c2*1-12(2,3)9-4-5-10-11(8-9)14-7-6-13-10;2*1-10(2,3)7-4-5-8-9(6-7)12-13-11-8;1-3-8-4-5-10-9(6-8)11-7(2)12-10;1-2-6-9-8(4-1)5-3-7-10-9;1-9(2)10-7-5-3-4-6-8(7)11-9;1-2-4-8-7(3-1)5-6-9-8;3*1-5(2,3)4/h4-8H,1-3H3;4-5,8H,6-7H2,1-3H3;2*4-6H,1-3H3;4-6H,3H2,1-2H3;1-7H;3-6H,1-2H3;1-4H,5-6H2;3*1-4H3. The van der Waals surface area contributed by atoms with Crippen molar-refractivity contribution in [1.82, 2.24) is 39.0 Å². The Morgan fingerprint density at radius 2 is 0.811 bits per heavy atom. The van der Waals surface area contributed by atoms with Crippen molar-refractivity contribution in [2.24, 2.45) is 16.2 Å². The van der Waals surface area contributed by atoms with Crippen LogP contribution in [0.3, 0.4) is 0 Å². The van der Waals surface area contributed by atoms with E-state index in [1.165, 1.54) is 55.2 Å². The van der Waals surface area contributed by atoms with Crippen molar-refractivity contribution in [2.75, 3.05) is 19.8 Å². The molecule has 0 unspecified atom stereocenters. The lowest BCUT2D eigenvalue weighted by Crippen LogP contribution is -2.29. The molecule has 0 radical (unpaired) electrons. The largest absolute Gasteiger partial charge is 0.493 e. The van der Waals surface area contributed by atoms with Gasteiger partial charge in [0, 0.05) is 44.2 Å². The number of benzene rings is 8. The SMILES string of the molecule is CC(C)(C)C.CC(C)(C)C.CC(C)(C)C.CC(C)(C)c1ccc2c(c1)OCCO2.CC(C)(C)c1ccc2nccnc2c1.CC(C)(C)c1ccc2nonc2c1.CC(C)(C)c1ccc2nsnc2c1.CC1(C)Oc2ccccc2O1.CCc1ccc2sc(C)nc2c1.c1ccc2c(c1)CCO2.c1ccc2ncccc2c1. The second kappa shape index (κ2) is 40.2. The first-order chi connectivity index (χ1) is 51.7. The summed E-state index contributed by atoms with van der Waals surface area (Å²) >= 11 is 3.03. The van der Waals surface area contributed by atoms with Crippen LogP contribution in [-0.2, 0) is 34.5 Å². The van der Waals surface area contributed by atoms with Gasteiger partial charge in [-0.25, -0.2) is 9.61 Å². The topological polar surface area (TPSA) is 162 Å². The highest BCUT2D eigenvalue weighted by Crippen LogP contribution is 2.39. The number of aryl methyl sites for hydroxylation is 2. The monoisotopic (exact) mass is 1540 g/mol. The summed E-state index contributed by atoms with van der Waals surface area (Å²) in [7, 11) is 0. The number of para-hydroxylation sites is 4. The number of nitrogens with zero attached hydrogens (tertiary/aromatic N) is 8. The van der Waals surface area contributed by atoms with Crippen molar-refractivity contribution in [3.05, 3.63) is 233 Å². The Kier molecular flexibility index (Phi) is 32.8. The smallest absolute Gasteiger partial charge is 0.246 e. The van der Waals surface area contributed by atoms with Crippen LogP contribution in [0.1, 0.15) is 225 Å². The molecule has 14 nitrogen and oxygen atoms in total. The molecule has 3 aliphatic rings. The average molecular weight is 1540 g/mol. The zero-order valence-electron chi connectivity index (χ0n) is 71.9. The van der Waals surface area contributed by atoms with Crippen LogP contribution in [0.15, 0.2) is 199 Å². The van der Waals surface area contributed by atoms with Crippen LogP contribution < -0.4 is 23.7 Å². The normalized spacial score (nSPS) is 13.0. The van der Waals surface area contributed by atoms with Gasteiger partial charge >= 0.3 is 0 Å². The van der Waals surface area contributed by atoms with Gasteiger partial charge in [0.25, 0.3) is 0 Å². The minimum Gasteiger partial charge on any atom is -0.493 e. The Labute approximate surface area is 672 Å². The summed E-state index contributed by atoms with van der Waals surface area (Å²) in [6, 6.07) is 59.2. The lowest BCUT2D eigenvalue weighted by Gasteiger charge is -2.23. The van der Waals surface area contributed by atoms with Gasteiger partial charge in [0.15, 0.2) is 23.0 Å². The molecule has 0 spiro atoms. The third-order valence-electron chi connectivity index (χ3n) is 15.6. The van der Waals surface area contributed by atoms with Gasteiger partial charge in [0.05, 0.1) is 50.1 Å². The van der Waals surface area contributed by atoms with E-state index in [-0.39, 0.29) is 21.7 Å². The maximum atomic E-state index is 5.53. The van der Waals surface area contributed by atoms with Crippen LogP contribution in [0.2, 0.25) is 0 Å². The van der Waals surface area contributed by atoms with Gasteiger partial charge in [-0.1, -0.05) is 258 Å². The zero-order chi connectivity index (χ0) is 82.2. The highest BCUT2D eigenvalue weighted by molar-refractivity contribution is 7.18. The highest BCUT2D eigenvalue weighted by atomic mass is 32.1. The number of thiazole rings is 1. The average Bonchev–Trinajstić information content (AvgIpc) is 1.02. The maximum absolute atomic E-state index is 5.53. The second-order valence-corrected chi connectivity index (χ2v) is 38.7. The van der Waals surface area contributed by atoms with Crippen LogP contribution in [-0.4, -0.2) is 64.6 Å². The van der Waals surface area contributed by atoms with Gasteiger partial charge < -0.3 is 23.7 Å². The summed E-state index contributed by atoms with van der Waals surface area (Å²) in [5, 5.41) is 9.91. The molecule has 0 atom stereocenters. The van der Waals surface area contributed by atoms with E-state index in [2.05, 4.69) is 303 Å². The minimum atomic E-state index is -0.496. The molecule has 0 bridgehead atoms. The maximum Gasteiger partial charge on any atom is 0.246 e. The van der Waals surface area contributed by atoms with Gasteiger partial charge in [-0.3, -0.25) is 15.0 Å². The fourth-order valence-corrected chi connectivity index (χ4v) is 11.4. The van der Waals surface area contributed by atoms with Gasteiger partial charge in [0.2, 0.25) is 5.79 Å². The molecule has 13 aromatic rings. The van der Waals surface area contributed by atoms with E-state index in [1.807, 2.05) is 117 Å². The highest BCUT2D eigenvalue weighted by Gasteiger charge is 2.31. The number of hydrogen-bond acceptors (Lipinski definition) is 16. The van der Waals surface area contributed by atoms with Crippen LogP contribution in [0.4, 0.5) is 0 Å². The molecule has 594 valence electrons. The van der Waals surface area contributed by atoms with Crippen molar-refractivity contribution in [2.45, 2.75) is 234 Å². The molecule has 3 aliphatic heterocycles. The minimum absolute atomic E-state index is 0.146. The molecule has 0 saturated carbocycles. The van der Waals surface area contributed by atoms with E-state index < -0.39 is 5.79 Å². The molecule has 0 fully saturated rings. The quantitative estimate of drug-likeness (QED) is 0.153. The van der Waals surface area contributed by atoms with Crippen molar-refractivity contribution in [1.29, 1.82) is 0 Å². The fourth-order valence-electron chi connectivity index (χ4n) is 10.1. The van der Waals surface area contributed by atoms with Crippen molar-refractivity contribution in [3.63, 3.8) is 0 Å². The Morgan fingerprint density at radius 1 is 0.369 bits per heavy atom. The number of aromatic nitrogens is 8. The van der Waals surface area contributed by atoms with E-state index in [0.29, 0.717) is 29.5 Å². The lowest BCUT2D eigenvalue weighted by atomic mass is 9.87. The predicted molar refractivity (Wildman–Crippen MR) is 469 cm³/mol. The fraction of sp³-hybridized carbons (Fsp3) is 0.432. The van der Waals surface area contributed by atoms with Gasteiger partial charge in [-0.2, -0.15) is 8.75 Å². The molecular formula is C95H126N8O6S2. The summed E-state index contributed by atoms with van der Waals surface area (Å²) in [4.78, 5) is 17.2. The summed E-state index contributed by atoms with van der Waals surface area (Å²) < 4.78 is 41.6. The first kappa shape index (κ1) is 90.5. The molecule has 0 aliphatic carbocycles. The predicted octanol–water partition coefficient (Wildman–Crippen LogP) is 26.6. The summed E-state index contributed by atoms with van der Waals surface area (Å²) in [5.41, 5.74) is 17.8. The molecule has 8 heterocycles. The summed E-state index contributed by atoms with van der Waals surface area (Å²) in [6.45, 7) is 62.7. The molecule has 16 heteroatoms. The van der Waals surface area contributed by atoms with Gasteiger partial charge in [0.1, 0.15) is 41.0 Å². The number of fused-ring (bicyclic) bond motifs is 8. The number of pyridine rings is 1. The van der Waals surface area contributed by atoms with Gasteiger partial charge in [-0.05, 0) is 186 Å². The molecule has 8 aromatic carbocycles. The Bertz CT molecular complexity index is 4720. The van der Waals surface area contributed by atoms with Crippen molar-refractivity contribution < 1.29 is 28.3 Å². The van der Waals surface area contributed by atoms with Crippen LogP contribution >= 0.6 is 23.1 Å². The van der Waals surface area contributed by atoms with E-state index in [4.69, 9.17) is 23.7 Å². The second-order valence-electron chi connectivity index (χ2n) is 36.9. The van der Waals surface area contributed by atoms with Gasteiger partial charge in [-0.15, -0.1) is 11.3 Å². The molecule has 16 rings (SSSR count). The Morgan fingerprint density at radius 3 is 1.37 bits per heavy atom.